The van der Waals surface area contributed by atoms with Crippen LogP contribution in [0.4, 0.5) is 0 Å². The molecule has 1 heterocycles. The molecule has 5 rings (SSSR count). The molecule has 1 fully saturated rings. The van der Waals surface area contributed by atoms with Gasteiger partial charge < -0.3 is 4.90 Å². The van der Waals surface area contributed by atoms with Crippen LogP contribution in [-0.4, -0.2) is 36.6 Å². The van der Waals surface area contributed by atoms with Gasteiger partial charge in [-0.3, -0.25) is 4.79 Å². The van der Waals surface area contributed by atoms with Crippen molar-refractivity contribution in [3.63, 3.8) is 0 Å². The maximum Gasteiger partial charge on any atom is 0.243 e. The van der Waals surface area contributed by atoms with E-state index in [1.165, 1.54) is 5.56 Å². The second kappa shape index (κ2) is 10.3. The maximum absolute atomic E-state index is 13.6. The largest absolute Gasteiger partial charge is 0.334 e. The molecular formula is C29H32N2O3S. The first-order chi connectivity index (χ1) is 17.0. The Morgan fingerprint density at radius 2 is 1.37 bits per heavy atom. The molecular weight excluding hydrogens is 456 g/mol. The molecule has 3 aromatic carbocycles. The Hall–Kier alpha value is -2.96. The lowest BCUT2D eigenvalue weighted by Crippen LogP contribution is -2.44. The van der Waals surface area contributed by atoms with E-state index in [4.69, 9.17) is 0 Å². The van der Waals surface area contributed by atoms with E-state index in [1.54, 1.807) is 10.4 Å². The van der Waals surface area contributed by atoms with Crippen molar-refractivity contribution in [3.05, 3.63) is 101 Å². The second-order valence-electron chi connectivity index (χ2n) is 9.63. The van der Waals surface area contributed by atoms with E-state index >= 15 is 0 Å². The van der Waals surface area contributed by atoms with Crippen LogP contribution in [0.25, 0.3) is 0 Å². The normalized spacial score (nSPS) is 16.7. The Bertz CT molecular complexity index is 1230. The summed E-state index contributed by atoms with van der Waals surface area (Å²) in [6.45, 7) is 1.84. The van der Waals surface area contributed by atoms with Gasteiger partial charge in [0.1, 0.15) is 0 Å². The zero-order valence-electron chi connectivity index (χ0n) is 20.0. The quantitative estimate of drug-likeness (QED) is 0.480. The van der Waals surface area contributed by atoms with E-state index in [-0.39, 0.29) is 11.8 Å². The van der Waals surface area contributed by atoms with Crippen LogP contribution in [0, 0.1) is 5.92 Å². The van der Waals surface area contributed by atoms with E-state index < -0.39 is 10.0 Å². The monoisotopic (exact) mass is 488 g/mol. The summed E-state index contributed by atoms with van der Waals surface area (Å²) in [5.41, 5.74) is 4.61. The highest BCUT2D eigenvalue weighted by Gasteiger charge is 2.34. The minimum atomic E-state index is -3.54. The average molecular weight is 489 g/mol. The average Bonchev–Trinajstić information content (AvgIpc) is 3.37. The predicted molar refractivity (Wildman–Crippen MR) is 137 cm³/mol. The molecule has 0 atom stereocenters. The number of carbonyl (C=O) groups is 1. The molecule has 0 radical (unpaired) electrons. The number of aryl methyl sites for hydroxylation is 2. The van der Waals surface area contributed by atoms with Gasteiger partial charge in [0.15, 0.2) is 0 Å². The summed E-state index contributed by atoms with van der Waals surface area (Å²) in [5.74, 6) is -0.0684. The van der Waals surface area contributed by atoms with Crippen molar-refractivity contribution in [2.24, 2.45) is 5.92 Å². The van der Waals surface area contributed by atoms with Gasteiger partial charge >= 0.3 is 0 Å². The summed E-state index contributed by atoms with van der Waals surface area (Å²) in [5, 5.41) is 0. The lowest BCUT2D eigenvalue weighted by molar-refractivity contribution is -0.138. The number of hydrogen-bond acceptors (Lipinski definition) is 3. The third-order valence-electron chi connectivity index (χ3n) is 7.26. The smallest absolute Gasteiger partial charge is 0.243 e. The summed E-state index contributed by atoms with van der Waals surface area (Å²) in [7, 11) is -3.54. The van der Waals surface area contributed by atoms with Crippen LogP contribution >= 0.6 is 0 Å². The van der Waals surface area contributed by atoms with Gasteiger partial charge in [-0.25, -0.2) is 8.42 Å². The molecule has 0 bridgehead atoms. The van der Waals surface area contributed by atoms with Crippen LogP contribution in [0.3, 0.4) is 0 Å². The molecule has 1 aliphatic heterocycles. The molecule has 0 unspecified atom stereocenters. The highest BCUT2D eigenvalue weighted by atomic mass is 32.2. The first-order valence-corrected chi connectivity index (χ1v) is 13.9. The first kappa shape index (κ1) is 23.8. The van der Waals surface area contributed by atoms with E-state index in [1.807, 2.05) is 77.7 Å². The highest BCUT2D eigenvalue weighted by Crippen LogP contribution is 2.29. The Balaban J connectivity index is 1.27. The number of fused-ring (bicyclic) bond motifs is 1. The second-order valence-corrected chi connectivity index (χ2v) is 11.6. The standard InChI is InChI=1S/C29H32N2O3S/c32-29(30(21-23-8-3-1-4-9-23)22-24-10-5-2-6-11-24)26-16-18-31(19-17-26)35(33,34)28-15-14-25-12-7-13-27(25)20-28/h1-6,8-11,14-15,20,26H,7,12-13,16-19,21-22H2. The van der Waals surface area contributed by atoms with Crippen LogP contribution < -0.4 is 0 Å². The molecule has 0 aromatic heterocycles. The van der Waals surface area contributed by atoms with Crippen molar-refractivity contribution in [3.8, 4) is 0 Å². The number of nitrogens with zero attached hydrogens (tertiary/aromatic N) is 2. The maximum atomic E-state index is 13.6. The third kappa shape index (κ3) is 5.34. The van der Waals surface area contributed by atoms with Gasteiger partial charge in [0, 0.05) is 32.1 Å². The highest BCUT2D eigenvalue weighted by molar-refractivity contribution is 7.89. The molecule has 35 heavy (non-hydrogen) atoms. The number of piperidine rings is 1. The molecule has 5 nitrogen and oxygen atoms in total. The molecule has 3 aromatic rings. The van der Waals surface area contributed by atoms with E-state index in [9.17, 15) is 13.2 Å². The van der Waals surface area contributed by atoms with Gasteiger partial charge in [-0.15, -0.1) is 0 Å². The predicted octanol–water partition coefficient (Wildman–Crippen LogP) is 4.81. The van der Waals surface area contributed by atoms with E-state index in [0.29, 0.717) is 43.9 Å². The fraction of sp³-hybridized carbons (Fsp3) is 0.345. The molecule has 182 valence electrons. The first-order valence-electron chi connectivity index (χ1n) is 12.5. The van der Waals surface area contributed by atoms with Crippen molar-refractivity contribution < 1.29 is 13.2 Å². The van der Waals surface area contributed by atoms with Crippen LogP contribution in [0.2, 0.25) is 0 Å². The Morgan fingerprint density at radius 3 is 1.97 bits per heavy atom. The van der Waals surface area contributed by atoms with Crippen LogP contribution in [-0.2, 0) is 40.7 Å². The summed E-state index contributed by atoms with van der Waals surface area (Å²) < 4.78 is 28.2. The summed E-state index contributed by atoms with van der Waals surface area (Å²) >= 11 is 0. The van der Waals surface area contributed by atoms with E-state index in [0.717, 1.165) is 36.0 Å². The minimum Gasteiger partial charge on any atom is -0.334 e. The van der Waals surface area contributed by atoms with Crippen molar-refractivity contribution in [2.45, 2.75) is 50.1 Å². The Labute approximate surface area is 208 Å². The van der Waals surface area contributed by atoms with Crippen molar-refractivity contribution >= 4 is 15.9 Å². The fourth-order valence-electron chi connectivity index (χ4n) is 5.28. The summed E-state index contributed by atoms with van der Waals surface area (Å²) in [6.07, 6.45) is 4.17. The number of amides is 1. The van der Waals surface area contributed by atoms with Gasteiger partial charge in [-0.05, 0) is 66.5 Å². The molecule has 0 N–H and O–H groups in total. The molecule has 0 spiro atoms. The van der Waals surface area contributed by atoms with E-state index in [2.05, 4.69) is 0 Å². The number of benzene rings is 3. The van der Waals surface area contributed by atoms with Gasteiger partial charge in [0.25, 0.3) is 0 Å². The van der Waals surface area contributed by atoms with Crippen LogP contribution in [0.15, 0.2) is 83.8 Å². The van der Waals surface area contributed by atoms with Crippen molar-refractivity contribution in [1.29, 1.82) is 0 Å². The minimum absolute atomic E-state index is 0.104. The number of hydrogen-bond donors (Lipinski definition) is 0. The lowest BCUT2D eigenvalue weighted by atomic mass is 9.96. The number of rotatable bonds is 7. The van der Waals surface area contributed by atoms with Crippen molar-refractivity contribution in [1.82, 2.24) is 9.21 Å². The van der Waals surface area contributed by atoms with Gasteiger partial charge in [0.2, 0.25) is 15.9 Å². The molecule has 1 amide bonds. The molecule has 0 saturated carbocycles. The molecule has 1 aliphatic carbocycles. The van der Waals surface area contributed by atoms with Crippen LogP contribution in [0.5, 0.6) is 0 Å². The topological polar surface area (TPSA) is 57.7 Å². The van der Waals surface area contributed by atoms with Gasteiger partial charge in [-0.2, -0.15) is 4.31 Å². The Kier molecular flexibility index (Phi) is 7.02. The van der Waals surface area contributed by atoms with Gasteiger partial charge in [0.05, 0.1) is 4.90 Å². The summed E-state index contributed by atoms with van der Waals surface area (Å²) in [6, 6.07) is 25.6. The molecule has 1 saturated heterocycles. The lowest BCUT2D eigenvalue weighted by Gasteiger charge is -2.34. The SMILES string of the molecule is O=C(C1CCN(S(=O)(=O)c2ccc3c(c2)CCC3)CC1)N(Cc1ccccc1)Cc1ccccc1. The Morgan fingerprint density at radius 1 is 0.800 bits per heavy atom. The fourth-order valence-corrected chi connectivity index (χ4v) is 6.80. The number of carbonyl (C=O) groups excluding carboxylic acids is 1. The number of sulfonamides is 1. The molecule has 2 aliphatic rings. The summed E-state index contributed by atoms with van der Waals surface area (Å²) in [4.78, 5) is 15.9. The van der Waals surface area contributed by atoms with Crippen LogP contribution in [0.1, 0.15) is 41.5 Å². The zero-order chi connectivity index (χ0) is 24.3. The van der Waals surface area contributed by atoms with Gasteiger partial charge in [-0.1, -0.05) is 66.7 Å². The van der Waals surface area contributed by atoms with Crippen molar-refractivity contribution in [2.75, 3.05) is 13.1 Å². The zero-order valence-corrected chi connectivity index (χ0v) is 20.8. The third-order valence-corrected chi connectivity index (χ3v) is 9.15. The molecule has 6 heteroatoms.